The molecule has 1 fully saturated rings. The van der Waals surface area contributed by atoms with E-state index in [2.05, 4.69) is 5.32 Å². The Kier molecular flexibility index (Phi) is 5.42. The summed E-state index contributed by atoms with van der Waals surface area (Å²) < 4.78 is 37.8. The van der Waals surface area contributed by atoms with E-state index in [0.29, 0.717) is 6.41 Å². The zero-order chi connectivity index (χ0) is 15.3. The van der Waals surface area contributed by atoms with Crippen molar-refractivity contribution in [3.05, 3.63) is 29.6 Å². The summed E-state index contributed by atoms with van der Waals surface area (Å²) in [5.74, 6) is -3.68. The van der Waals surface area contributed by atoms with Gasteiger partial charge in [-0.2, -0.15) is 0 Å². The van der Waals surface area contributed by atoms with E-state index in [0.717, 1.165) is 12.1 Å². The molecule has 1 amide bonds. The number of benzene rings is 1. The van der Waals surface area contributed by atoms with Crippen LogP contribution < -0.4 is 5.32 Å². The summed E-state index contributed by atoms with van der Waals surface area (Å²) in [5.41, 5.74) is 0.288. The van der Waals surface area contributed by atoms with Crippen LogP contribution in [0, 0.1) is 5.82 Å². The number of nitrogens with one attached hydrogen (secondary N) is 1. The number of halogens is 3. The third-order valence-corrected chi connectivity index (χ3v) is 2.92. The van der Waals surface area contributed by atoms with E-state index in [9.17, 15) is 23.1 Å². The minimum Gasteiger partial charge on any atom is -0.508 e. The summed E-state index contributed by atoms with van der Waals surface area (Å²) in [4.78, 5) is 9.50. The van der Waals surface area contributed by atoms with E-state index in [-0.39, 0.29) is 30.2 Å². The molecule has 0 aromatic heterocycles. The first-order valence-corrected chi connectivity index (χ1v) is 6.31. The Bertz CT molecular complexity index is 456. The third-order valence-electron chi connectivity index (χ3n) is 2.92. The van der Waals surface area contributed by atoms with Crippen LogP contribution in [0.4, 0.5) is 13.2 Å². The van der Waals surface area contributed by atoms with Gasteiger partial charge in [0, 0.05) is 24.4 Å². The summed E-state index contributed by atoms with van der Waals surface area (Å²) in [6, 6.07) is 3.70. The van der Waals surface area contributed by atoms with Crippen LogP contribution in [-0.2, 0) is 4.79 Å². The molecule has 1 aliphatic rings. The topological polar surface area (TPSA) is 49.3 Å². The van der Waals surface area contributed by atoms with Crippen LogP contribution in [0.25, 0.3) is 0 Å². The van der Waals surface area contributed by atoms with Gasteiger partial charge in [-0.3, -0.25) is 4.79 Å². The molecule has 0 aliphatic heterocycles. The van der Waals surface area contributed by atoms with Crippen molar-refractivity contribution in [1.82, 2.24) is 5.32 Å². The lowest BCUT2D eigenvalue weighted by Crippen LogP contribution is -2.33. The molecule has 2 rings (SSSR count). The number of phenols is 1. The minimum absolute atomic E-state index is 0.105. The van der Waals surface area contributed by atoms with E-state index in [1.54, 1.807) is 0 Å². The minimum atomic E-state index is -2.65. The fourth-order valence-electron chi connectivity index (χ4n) is 1.87. The van der Waals surface area contributed by atoms with Crippen molar-refractivity contribution in [2.45, 2.75) is 44.6 Å². The van der Waals surface area contributed by atoms with Crippen LogP contribution >= 0.6 is 0 Å². The Hall–Kier alpha value is -1.72. The summed E-state index contributed by atoms with van der Waals surface area (Å²) in [5, 5.41) is 11.9. The molecular formula is C14H18F3NO2. The van der Waals surface area contributed by atoms with Gasteiger partial charge in [0.15, 0.2) is 0 Å². The summed E-state index contributed by atoms with van der Waals surface area (Å²) >= 11 is 0. The maximum absolute atomic E-state index is 12.8. The van der Waals surface area contributed by atoms with Crippen molar-refractivity contribution in [1.29, 1.82) is 0 Å². The van der Waals surface area contributed by atoms with E-state index < -0.39 is 17.7 Å². The lowest BCUT2D eigenvalue weighted by Gasteiger charge is -2.35. The fraction of sp³-hybridized carbons (Fsp3) is 0.500. The Morgan fingerprint density at radius 2 is 2.00 bits per heavy atom. The highest BCUT2D eigenvalue weighted by atomic mass is 19.3. The Balaban J connectivity index is 0.000000286. The molecule has 3 nitrogen and oxygen atoms in total. The molecule has 1 aromatic carbocycles. The van der Waals surface area contributed by atoms with Crippen molar-refractivity contribution in [3.8, 4) is 5.75 Å². The number of hydrogen-bond donors (Lipinski definition) is 2. The molecule has 0 spiro atoms. The lowest BCUT2D eigenvalue weighted by atomic mass is 9.76. The van der Waals surface area contributed by atoms with Crippen LogP contribution in [0.1, 0.15) is 38.2 Å². The largest absolute Gasteiger partial charge is 0.508 e. The van der Waals surface area contributed by atoms with E-state index >= 15 is 0 Å². The number of carbonyl (C=O) groups is 1. The van der Waals surface area contributed by atoms with Gasteiger partial charge < -0.3 is 10.4 Å². The standard InChI is InChI=1S/C10H9F3O.C4H9NO/c11-7-1-2-9(14)8(3-7)6-4-10(12,13)5-6;1-4(2)5-3-6/h1-3,6,14H,4-5H2;3-4H,1-2H3,(H,5,6). The average molecular weight is 289 g/mol. The quantitative estimate of drug-likeness (QED) is 0.840. The summed E-state index contributed by atoms with van der Waals surface area (Å²) in [7, 11) is 0. The van der Waals surface area contributed by atoms with Crippen LogP contribution in [0.15, 0.2) is 18.2 Å². The summed E-state index contributed by atoms with van der Waals surface area (Å²) in [6.45, 7) is 3.82. The van der Waals surface area contributed by atoms with Crippen molar-refractivity contribution >= 4 is 6.41 Å². The molecule has 0 heterocycles. The van der Waals surface area contributed by atoms with Gasteiger partial charge >= 0.3 is 0 Å². The van der Waals surface area contributed by atoms with Gasteiger partial charge in [-0.25, -0.2) is 13.2 Å². The molecule has 1 aromatic rings. The number of alkyl halides is 2. The second-order valence-corrected chi connectivity index (χ2v) is 5.10. The molecule has 1 saturated carbocycles. The predicted octanol–water partition coefficient (Wildman–Crippen LogP) is 3.18. The van der Waals surface area contributed by atoms with E-state index in [1.165, 1.54) is 6.07 Å². The highest BCUT2D eigenvalue weighted by molar-refractivity contribution is 5.46. The maximum atomic E-state index is 12.8. The zero-order valence-electron chi connectivity index (χ0n) is 11.4. The molecule has 6 heteroatoms. The number of carbonyl (C=O) groups excluding carboxylic acids is 1. The van der Waals surface area contributed by atoms with Crippen LogP contribution in [-0.4, -0.2) is 23.5 Å². The number of rotatable bonds is 3. The normalized spacial score (nSPS) is 16.9. The fourth-order valence-corrected chi connectivity index (χ4v) is 1.87. The van der Waals surface area contributed by atoms with Crippen molar-refractivity contribution in [3.63, 3.8) is 0 Å². The molecule has 112 valence electrons. The maximum Gasteiger partial charge on any atom is 0.249 e. The molecule has 2 N–H and O–H groups in total. The zero-order valence-corrected chi connectivity index (χ0v) is 11.4. The van der Waals surface area contributed by atoms with Gasteiger partial charge in [0.1, 0.15) is 11.6 Å². The molecule has 0 atom stereocenters. The van der Waals surface area contributed by atoms with Gasteiger partial charge in [0.25, 0.3) is 0 Å². The number of phenolic OH excluding ortho intramolecular Hbond substituents is 1. The Morgan fingerprint density at radius 1 is 1.40 bits per heavy atom. The molecular weight excluding hydrogens is 271 g/mol. The summed E-state index contributed by atoms with van der Waals surface area (Å²) in [6.07, 6.45) is 0.0959. The molecule has 0 bridgehead atoms. The second kappa shape index (κ2) is 6.63. The van der Waals surface area contributed by atoms with Gasteiger partial charge in [0.2, 0.25) is 12.3 Å². The van der Waals surface area contributed by atoms with Gasteiger partial charge in [0.05, 0.1) is 0 Å². The molecule has 0 radical (unpaired) electrons. The van der Waals surface area contributed by atoms with Crippen molar-refractivity contribution in [2.24, 2.45) is 0 Å². The van der Waals surface area contributed by atoms with Crippen molar-refractivity contribution < 1.29 is 23.1 Å². The Labute approximate surface area is 115 Å². The first-order valence-electron chi connectivity index (χ1n) is 6.31. The molecule has 0 unspecified atom stereocenters. The van der Waals surface area contributed by atoms with Gasteiger partial charge in [-0.15, -0.1) is 0 Å². The first kappa shape index (κ1) is 16.3. The van der Waals surface area contributed by atoms with Crippen LogP contribution in [0.3, 0.4) is 0 Å². The lowest BCUT2D eigenvalue weighted by molar-refractivity contribution is -0.109. The van der Waals surface area contributed by atoms with Crippen LogP contribution in [0.5, 0.6) is 5.75 Å². The second-order valence-electron chi connectivity index (χ2n) is 5.10. The first-order chi connectivity index (χ1) is 9.25. The highest BCUT2D eigenvalue weighted by Crippen LogP contribution is 2.50. The smallest absolute Gasteiger partial charge is 0.249 e. The molecule has 1 aliphatic carbocycles. The van der Waals surface area contributed by atoms with Crippen LogP contribution in [0.2, 0.25) is 0 Å². The monoisotopic (exact) mass is 289 g/mol. The Morgan fingerprint density at radius 3 is 2.40 bits per heavy atom. The number of aromatic hydroxyl groups is 1. The predicted molar refractivity (Wildman–Crippen MR) is 69.3 cm³/mol. The number of amides is 1. The van der Waals surface area contributed by atoms with E-state index in [4.69, 9.17) is 0 Å². The highest BCUT2D eigenvalue weighted by Gasteiger charge is 2.46. The SMILES string of the molecule is CC(C)NC=O.Oc1ccc(F)cc1C1CC(F)(F)C1. The van der Waals surface area contributed by atoms with Gasteiger partial charge in [-0.05, 0) is 38.0 Å². The average Bonchev–Trinajstić information content (AvgIpc) is 2.30. The third kappa shape index (κ3) is 4.75. The molecule has 20 heavy (non-hydrogen) atoms. The molecule has 0 saturated heterocycles. The number of hydrogen-bond acceptors (Lipinski definition) is 2. The van der Waals surface area contributed by atoms with Crippen molar-refractivity contribution in [2.75, 3.05) is 0 Å². The van der Waals surface area contributed by atoms with E-state index in [1.807, 2.05) is 13.8 Å². The van der Waals surface area contributed by atoms with Gasteiger partial charge in [-0.1, -0.05) is 0 Å².